The highest BCUT2D eigenvalue weighted by atomic mass is 127. The van der Waals surface area contributed by atoms with Crippen LogP contribution in [0, 0.1) is 14.9 Å². The summed E-state index contributed by atoms with van der Waals surface area (Å²) in [6.45, 7) is 0.282. The molecule has 0 amide bonds. The molecule has 1 heterocycles. The van der Waals surface area contributed by atoms with Crippen LogP contribution < -0.4 is 9.47 Å². The number of rotatable bonds is 6. The predicted octanol–water partition coefficient (Wildman–Crippen LogP) is 3.22. The van der Waals surface area contributed by atoms with Gasteiger partial charge < -0.3 is 9.47 Å². The molecule has 0 aliphatic rings. The van der Waals surface area contributed by atoms with Gasteiger partial charge in [0.05, 0.1) is 28.5 Å². The summed E-state index contributed by atoms with van der Waals surface area (Å²) >= 11 is 2.19. The Morgan fingerprint density at radius 2 is 2.04 bits per heavy atom. The van der Waals surface area contributed by atoms with Crippen LogP contribution in [-0.4, -0.2) is 28.2 Å². The molecule has 8 heteroatoms. The minimum atomic E-state index is 0.282. The molecule has 0 atom stereocenters. The van der Waals surface area contributed by atoms with Crippen molar-refractivity contribution in [2.24, 2.45) is 5.10 Å². The quantitative estimate of drug-likeness (QED) is 0.418. The van der Waals surface area contributed by atoms with Crippen LogP contribution in [-0.2, 0) is 6.61 Å². The standard InChI is InChI=1S/C18H14IN5O2/c1-25-17-7-13(9-23-24-11-21-22-12-24)6-16(19)18(17)26-10-15-5-3-2-4-14(15)8-20/h2-7,9,11-12H,10H2,1H3/b23-9+. The van der Waals surface area contributed by atoms with Crippen molar-refractivity contribution in [3.63, 3.8) is 0 Å². The Morgan fingerprint density at radius 3 is 2.77 bits per heavy atom. The molecule has 0 bridgehead atoms. The van der Waals surface area contributed by atoms with E-state index >= 15 is 0 Å². The zero-order valence-electron chi connectivity index (χ0n) is 13.8. The first-order valence-electron chi connectivity index (χ1n) is 7.58. The van der Waals surface area contributed by atoms with Crippen molar-refractivity contribution in [3.05, 3.63) is 69.3 Å². The summed E-state index contributed by atoms with van der Waals surface area (Å²) in [5.41, 5.74) is 2.27. The highest BCUT2D eigenvalue weighted by Gasteiger charge is 2.12. The largest absolute Gasteiger partial charge is 0.493 e. The summed E-state index contributed by atoms with van der Waals surface area (Å²) in [6, 6.07) is 13.3. The Bertz CT molecular complexity index is 964. The van der Waals surface area contributed by atoms with Crippen molar-refractivity contribution < 1.29 is 9.47 Å². The lowest BCUT2D eigenvalue weighted by Crippen LogP contribution is -2.02. The van der Waals surface area contributed by atoms with E-state index < -0.39 is 0 Å². The van der Waals surface area contributed by atoms with Crippen molar-refractivity contribution in [2.75, 3.05) is 7.11 Å². The number of ether oxygens (including phenoxy) is 2. The molecule has 0 fully saturated rings. The minimum absolute atomic E-state index is 0.282. The van der Waals surface area contributed by atoms with Gasteiger partial charge in [0.25, 0.3) is 0 Å². The fourth-order valence-corrected chi connectivity index (χ4v) is 3.03. The maximum Gasteiger partial charge on any atom is 0.174 e. The first-order chi connectivity index (χ1) is 12.7. The highest BCUT2D eigenvalue weighted by molar-refractivity contribution is 14.1. The third kappa shape index (κ3) is 4.18. The monoisotopic (exact) mass is 459 g/mol. The van der Waals surface area contributed by atoms with Gasteiger partial charge >= 0.3 is 0 Å². The SMILES string of the molecule is COc1cc(/C=N/n2cnnc2)cc(I)c1OCc1ccccc1C#N. The fourth-order valence-electron chi connectivity index (χ4n) is 2.25. The van der Waals surface area contributed by atoms with Crippen molar-refractivity contribution in [2.45, 2.75) is 6.61 Å². The van der Waals surface area contributed by atoms with E-state index in [1.165, 1.54) is 17.3 Å². The van der Waals surface area contributed by atoms with Gasteiger partial charge in [0.1, 0.15) is 19.3 Å². The van der Waals surface area contributed by atoms with Crippen LogP contribution in [0.2, 0.25) is 0 Å². The van der Waals surface area contributed by atoms with E-state index in [1.807, 2.05) is 30.3 Å². The van der Waals surface area contributed by atoms with Crippen LogP contribution in [0.5, 0.6) is 11.5 Å². The van der Waals surface area contributed by atoms with Gasteiger partial charge in [-0.2, -0.15) is 10.4 Å². The topological polar surface area (TPSA) is 85.3 Å². The van der Waals surface area contributed by atoms with Gasteiger partial charge in [0.2, 0.25) is 0 Å². The number of aromatic nitrogens is 3. The molecule has 3 rings (SSSR count). The number of halogens is 1. The zero-order valence-corrected chi connectivity index (χ0v) is 16.0. The second kappa shape index (κ2) is 8.44. The van der Waals surface area contributed by atoms with Crippen LogP contribution in [0.3, 0.4) is 0 Å². The Balaban J connectivity index is 1.82. The van der Waals surface area contributed by atoms with Gasteiger partial charge in [0.15, 0.2) is 11.5 Å². The van der Waals surface area contributed by atoms with Crippen LogP contribution in [0.25, 0.3) is 0 Å². The Labute approximate surface area is 164 Å². The van der Waals surface area contributed by atoms with E-state index in [0.29, 0.717) is 17.1 Å². The minimum Gasteiger partial charge on any atom is -0.493 e. The molecule has 2 aromatic carbocycles. The Kier molecular flexibility index (Phi) is 5.80. The lowest BCUT2D eigenvalue weighted by Gasteiger charge is -2.14. The molecule has 1 aromatic heterocycles. The summed E-state index contributed by atoms with van der Waals surface area (Å²) in [5, 5.41) is 20.8. The van der Waals surface area contributed by atoms with Gasteiger partial charge in [-0.05, 0) is 46.4 Å². The van der Waals surface area contributed by atoms with Crippen molar-refractivity contribution >= 4 is 28.8 Å². The molecular weight excluding hydrogens is 445 g/mol. The molecule has 0 spiro atoms. The smallest absolute Gasteiger partial charge is 0.174 e. The highest BCUT2D eigenvalue weighted by Crippen LogP contribution is 2.34. The molecule has 0 N–H and O–H groups in total. The molecule has 130 valence electrons. The second-order valence-corrected chi connectivity index (χ2v) is 6.34. The molecule has 0 radical (unpaired) electrons. The summed E-state index contributed by atoms with van der Waals surface area (Å²) in [5.74, 6) is 1.22. The maximum atomic E-state index is 9.19. The normalized spacial score (nSPS) is 10.7. The van der Waals surface area contributed by atoms with E-state index in [4.69, 9.17) is 9.47 Å². The average Bonchev–Trinajstić information content (AvgIpc) is 3.19. The number of hydrogen-bond donors (Lipinski definition) is 0. The van der Waals surface area contributed by atoms with Gasteiger partial charge in [-0.25, -0.2) is 4.68 Å². The molecule has 3 aromatic rings. The third-order valence-corrected chi connectivity index (χ3v) is 4.31. The third-order valence-electron chi connectivity index (χ3n) is 3.51. The summed E-state index contributed by atoms with van der Waals surface area (Å²) in [4.78, 5) is 0. The molecule has 0 saturated heterocycles. The molecule has 0 aliphatic heterocycles. The van der Waals surface area contributed by atoms with Gasteiger partial charge in [-0.3, -0.25) is 0 Å². The second-order valence-electron chi connectivity index (χ2n) is 5.18. The van der Waals surface area contributed by atoms with E-state index in [9.17, 15) is 5.26 Å². The number of nitriles is 1. The van der Waals surface area contributed by atoms with Crippen LogP contribution in [0.15, 0.2) is 54.2 Å². The fraction of sp³-hybridized carbons (Fsp3) is 0.111. The van der Waals surface area contributed by atoms with Crippen LogP contribution >= 0.6 is 22.6 Å². The summed E-state index contributed by atoms with van der Waals surface area (Å²) in [7, 11) is 1.59. The average molecular weight is 459 g/mol. The number of hydrogen-bond acceptors (Lipinski definition) is 6. The molecule has 0 aliphatic carbocycles. The van der Waals surface area contributed by atoms with E-state index in [-0.39, 0.29) is 6.61 Å². The lowest BCUT2D eigenvalue weighted by atomic mass is 10.1. The lowest BCUT2D eigenvalue weighted by molar-refractivity contribution is 0.282. The van der Waals surface area contributed by atoms with E-state index in [0.717, 1.165) is 14.7 Å². The van der Waals surface area contributed by atoms with E-state index in [1.54, 1.807) is 19.4 Å². The van der Waals surface area contributed by atoms with Gasteiger partial charge in [0, 0.05) is 5.56 Å². The Hall–Kier alpha value is -2.93. The molecule has 0 saturated carbocycles. The van der Waals surface area contributed by atoms with Crippen LogP contribution in [0.4, 0.5) is 0 Å². The van der Waals surface area contributed by atoms with Crippen molar-refractivity contribution in [1.29, 1.82) is 5.26 Å². The summed E-state index contributed by atoms with van der Waals surface area (Å²) < 4.78 is 13.8. The van der Waals surface area contributed by atoms with Gasteiger partial charge in [-0.15, -0.1) is 10.2 Å². The Morgan fingerprint density at radius 1 is 1.27 bits per heavy atom. The number of methoxy groups -OCH3 is 1. The number of nitrogens with zero attached hydrogens (tertiary/aromatic N) is 5. The zero-order chi connectivity index (χ0) is 18.4. The maximum absolute atomic E-state index is 9.19. The predicted molar refractivity (Wildman–Crippen MR) is 104 cm³/mol. The molecule has 0 unspecified atom stereocenters. The van der Waals surface area contributed by atoms with E-state index in [2.05, 4.69) is 44.0 Å². The van der Waals surface area contributed by atoms with Crippen molar-refractivity contribution in [3.8, 4) is 17.6 Å². The molecule has 7 nitrogen and oxygen atoms in total. The first kappa shape index (κ1) is 17.9. The molecule has 26 heavy (non-hydrogen) atoms. The summed E-state index contributed by atoms with van der Waals surface area (Å²) in [6.07, 6.45) is 4.69. The molecular formula is C18H14IN5O2. The van der Waals surface area contributed by atoms with Gasteiger partial charge in [-0.1, -0.05) is 18.2 Å². The van der Waals surface area contributed by atoms with Crippen LogP contribution in [0.1, 0.15) is 16.7 Å². The first-order valence-corrected chi connectivity index (χ1v) is 8.66. The number of benzene rings is 2. The van der Waals surface area contributed by atoms with Crippen molar-refractivity contribution in [1.82, 2.24) is 14.9 Å².